The van der Waals surface area contributed by atoms with Gasteiger partial charge in [0.15, 0.2) is 0 Å². The molecule has 4 heteroatoms. The van der Waals surface area contributed by atoms with E-state index in [0.717, 1.165) is 52.2 Å². The zero-order chi connectivity index (χ0) is 25.6. The second-order valence-corrected chi connectivity index (χ2v) is 9.64. The maximum atomic E-state index is 14.2. The van der Waals surface area contributed by atoms with Gasteiger partial charge in [0.25, 0.3) is 0 Å². The summed E-state index contributed by atoms with van der Waals surface area (Å²) >= 11 is 0. The van der Waals surface area contributed by atoms with E-state index >= 15 is 0 Å². The van der Waals surface area contributed by atoms with E-state index in [1.165, 1.54) is 18.4 Å². The second-order valence-electron chi connectivity index (χ2n) is 9.64. The third-order valence-electron chi connectivity index (χ3n) is 6.94. The number of hydrogen-bond donors (Lipinski definition) is 1. The van der Waals surface area contributed by atoms with Gasteiger partial charge in [0.1, 0.15) is 6.17 Å². The van der Waals surface area contributed by atoms with Gasteiger partial charge in [-0.05, 0) is 102 Å². The number of aliphatic imine (C=N–C) groups is 1. The number of anilines is 1. The Balaban J connectivity index is 2.55. The van der Waals surface area contributed by atoms with Crippen LogP contribution in [0.1, 0.15) is 77.6 Å². The molecule has 2 rings (SSSR count). The molecule has 0 aliphatic heterocycles. The third kappa shape index (κ3) is 6.04. The van der Waals surface area contributed by atoms with Crippen LogP contribution in [0.2, 0.25) is 0 Å². The Morgan fingerprint density at radius 3 is 2.26 bits per heavy atom. The summed E-state index contributed by atoms with van der Waals surface area (Å²) in [5.74, 6) is 0. The Bertz CT molecular complexity index is 1030. The second kappa shape index (κ2) is 11.6. The number of nitrogens with zero attached hydrogens (tertiary/aromatic N) is 2. The lowest BCUT2D eigenvalue weighted by Crippen LogP contribution is -2.43. The molecule has 0 spiro atoms. The predicted molar refractivity (Wildman–Crippen MR) is 148 cm³/mol. The van der Waals surface area contributed by atoms with Crippen LogP contribution in [0.25, 0.3) is 5.57 Å². The molecular formula is C30H42FN3. The van der Waals surface area contributed by atoms with Crippen molar-refractivity contribution in [3.8, 4) is 0 Å². The van der Waals surface area contributed by atoms with Gasteiger partial charge in [0.2, 0.25) is 0 Å². The van der Waals surface area contributed by atoms with Gasteiger partial charge in [-0.15, -0.1) is 0 Å². The average molecular weight is 464 g/mol. The largest absolute Gasteiger partial charge is 0.355 e. The number of benzene rings is 1. The highest BCUT2D eigenvalue weighted by Gasteiger charge is 2.39. The Morgan fingerprint density at radius 2 is 1.76 bits per heavy atom. The Kier molecular flexibility index (Phi) is 9.40. The number of rotatable bonds is 10. The van der Waals surface area contributed by atoms with Crippen molar-refractivity contribution < 1.29 is 4.39 Å². The van der Waals surface area contributed by atoms with E-state index in [1.54, 1.807) is 13.1 Å². The molecule has 0 bridgehead atoms. The molecule has 0 amide bonds. The van der Waals surface area contributed by atoms with Crippen LogP contribution in [0.5, 0.6) is 0 Å². The normalized spacial score (nSPS) is 17.6. The molecule has 0 aromatic heterocycles. The van der Waals surface area contributed by atoms with Gasteiger partial charge < -0.3 is 5.32 Å². The van der Waals surface area contributed by atoms with E-state index in [2.05, 4.69) is 56.0 Å². The number of nitrogens with one attached hydrogen (secondary N) is 1. The average Bonchev–Trinajstić information content (AvgIpc) is 3.25. The number of alkyl halides is 1. The Morgan fingerprint density at radius 1 is 1.15 bits per heavy atom. The lowest BCUT2D eigenvalue weighted by molar-refractivity contribution is 0.198. The first-order valence-electron chi connectivity index (χ1n) is 12.1. The highest BCUT2D eigenvalue weighted by molar-refractivity contribution is 5.83. The molecule has 1 atom stereocenters. The first-order chi connectivity index (χ1) is 15.9. The number of allylic oxidation sites excluding steroid dienone is 4. The summed E-state index contributed by atoms with van der Waals surface area (Å²) in [7, 11) is 4.32. The minimum absolute atomic E-state index is 0.0108. The van der Waals surface area contributed by atoms with Crippen molar-refractivity contribution in [2.75, 3.05) is 19.4 Å². The minimum Gasteiger partial charge on any atom is -0.355 e. The standard InChI is InChI=1S/C30H42FN3/c1-11-32-22(5)18-21(4)27-19-26(24(7)31)14-15-28(27)33-25(8)29(20(2)3)23(6)30(34(9)10)16-12-13-17-30/h11,14-15,18-19,24,33H,2,4,8,12-13,16-17H2,1,3,5-7,9-10H3/b22-18-,29-23+,32-11-. The quantitative estimate of drug-likeness (QED) is 0.278. The first-order valence-corrected chi connectivity index (χ1v) is 12.1. The molecule has 1 N–H and O–H groups in total. The van der Waals surface area contributed by atoms with Crippen molar-refractivity contribution >= 4 is 17.5 Å². The Labute approximate surface area is 206 Å². The van der Waals surface area contributed by atoms with Crippen molar-refractivity contribution in [1.82, 2.24) is 4.90 Å². The Hall–Kier alpha value is -2.72. The summed E-state index contributed by atoms with van der Waals surface area (Å²) in [5, 5.41) is 3.52. The van der Waals surface area contributed by atoms with Crippen LogP contribution in [0.4, 0.5) is 10.1 Å². The molecule has 1 unspecified atom stereocenters. The molecule has 1 aliphatic rings. The molecule has 0 heterocycles. The van der Waals surface area contributed by atoms with Gasteiger partial charge in [0.05, 0.1) is 0 Å². The van der Waals surface area contributed by atoms with Gasteiger partial charge in [0, 0.05) is 40.0 Å². The van der Waals surface area contributed by atoms with Crippen LogP contribution in [0.3, 0.4) is 0 Å². The van der Waals surface area contributed by atoms with Crippen molar-refractivity contribution in [3.05, 3.63) is 83.3 Å². The van der Waals surface area contributed by atoms with E-state index < -0.39 is 6.17 Å². The number of likely N-dealkylation sites (N-methyl/N-ethyl adjacent to an activating group) is 1. The van der Waals surface area contributed by atoms with Crippen LogP contribution in [-0.4, -0.2) is 30.7 Å². The molecule has 1 aliphatic carbocycles. The van der Waals surface area contributed by atoms with Gasteiger partial charge in [-0.3, -0.25) is 9.89 Å². The fourth-order valence-electron chi connectivity index (χ4n) is 5.13. The fourth-order valence-corrected chi connectivity index (χ4v) is 5.13. The zero-order valence-corrected chi connectivity index (χ0v) is 22.2. The third-order valence-corrected chi connectivity index (χ3v) is 6.94. The highest BCUT2D eigenvalue weighted by atomic mass is 19.1. The predicted octanol–water partition coefficient (Wildman–Crippen LogP) is 8.42. The molecule has 34 heavy (non-hydrogen) atoms. The summed E-state index contributed by atoms with van der Waals surface area (Å²) in [4.78, 5) is 6.67. The van der Waals surface area contributed by atoms with Crippen molar-refractivity contribution in [2.45, 2.75) is 72.0 Å². The lowest BCUT2D eigenvalue weighted by atomic mass is 9.82. The van der Waals surface area contributed by atoms with Crippen molar-refractivity contribution in [2.24, 2.45) is 4.99 Å². The summed E-state index contributed by atoms with van der Waals surface area (Å²) < 4.78 is 14.2. The monoisotopic (exact) mass is 463 g/mol. The molecule has 3 nitrogen and oxygen atoms in total. The number of halogens is 1. The summed E-state index contributed by atoms with van der Waals surface area (Å²) in [6.07, 6.45) is 7.28. The maximum absolute atomic E-state index is 14.2. The van der Waals surface area contributed by atoms with Crippen LogP contribution in [-0.2, 0) is 0 Å². The van der Waals surface area contributed by atoms with Gasteiger partial charge in [-0.2, -0.15) is 0 Å². The number of hydrogen-bond acceptors (Lipinski definition) is 3. The molecule has 1 aromatic carbocycles. The van der Waals surface area contributed by atoms with Gasteiger partial charge in [-0.25, -0.2) is 4.39 Å². The summed E-state index contributed by atoms with van der Waals surface area (Å²) in [5.41, 5.74) is 8.02. The van der Waals surface area contributed by atoms with E-state index in [4.69, 9.17) is 0 Å². The van der Waals surface area contributed by atoms with Crippen LogP contribution in [0.15, 0.2) is 77.1 Å². The van der Waals surface area contributed by atoms with Crippen molar-refractivity contribution in [3.63, 3.8) is 0 Å². The maximum Gasteiger partial charge on any atom is 0.122 e. The van der Waals surface area contributed by atoms with E-state index in [9.17, 15) is 4.39 Å². The van der Waals surface area contributed by atoms with Gasteiger partial charge in [-0.1, -0.05) is 38.6 Å². The zero-order valence-electron chi connectivity index (χ0n) is 22.2. The fraction of sp³-hybridized carbons (Fsp3) is 0.433. The first kappa shape index (κ1) is 27.5. The molecule has 1 saturated carbocycles. The molecular weight excluding hydrogens is 421 g/mol. The molecule has 0 radical (unpaired) electrons. The SMILES string of the molecule is C=C(C)/C(C(=C)Nc1ccc(C(C)F)cc1C(=C)/C=C(C)\N=C/C)=C(/C)C1(N(C)C)CCCC1. The lowest BCUT2D eigenvalue weighted by Gasteiger charge is -2.39. The van der Waals surface area contributed by atoms with E-state index in [1.807, 2.05) is 45.0 Å². The highest BCUT2D eigenvalue weighted by Crippen LogP contribution is 2.43. The smallest absolute Gasteiger partial charge is 0.122 e. The van der Waals surface area contributed by atoms with Gasteiger partial charge >= 0.3 is 0 Å². The minimum atomic E-state index is -1.07. The summed E-state index contributed by atoms with van der Waals surface area (Å²) in [6, 6.07) is 5.58. The van der Waals surface area contributed by atoms with Crippen LogP contribution < -0.4 is 5.32 Å². The van der Waals surface area contributed by atoms with E-state index in [0.29, 0.717) is 5.56 Å². The summed E-state index contributed by atoms with van der Waals surface area (Å²) in [6.45, 7) is 22.5. The molecule has 1 fully saturated rings. The topological polar surface area (TPSA) is 27.6 Å². The van der Waals surface area contributed by atoms with Crippen LogP contribution in [0, 0.1) is 0 Å². The van der Waals surface area contributed by atoms with Crippen molar-refractivity contribution in [1.29, 1.82) is 0 Å². The molecule has 0 saturated heterocycles. The van der Waals surface area contributed by atoms with Crippen LogP contribution >= 0.6 is 0 Å². The van der Waals surface area contributed by atoms with E-state index in [-0.39, 0.29) is 5.54 Å². The molecule has 184 valence electrons. The molecule has 1 aromatic rings.